The van der Waals surface area contributed by atoms with E-state index in [0.29, 0.717) is 5.82 Å². The monoisotopic (exact) mass is 391 g/mol. The van der Waals surface area contributed by atoms with Gasteiger partial charge in [-0.25, -0.2) is 13.1 Å². The number of nitrogens with zero attached hydrogens (tertiary/aromatic N) is 4. The maximum Gasteiger partial charge on any atom is 0.240 e. The minimum atomic E-state index is -3.40. The van der Waals surface area contributed by atoms with Gasteiger partial charge in [-0.15, -0.1) is 0 Å². The van der Waals surface area contributed by atoms with Crippen LogP contribution in [0.5, 0.6) is 0 Å². The number of anilines is 1. The van der Waals surface area contributed by atoms with Crippen molar-refractivity contribution in [1.82, 2.24) is 19.0 Å². The fourth-order valence-electron chi connectivity index (χ4n) is 3.20. The van der Waals surface area contributed by atoms with Gasteiger partial charge in [-0.1, -0.05) is 30.3 Å². The minimum absolute atomic E-state index is 0.173. The Morgan fingerprint density at radius 2 is 2.04 bits per heavy atom. The van der Waals surface area contributed by atoms with Crippen LogP contribution in [0.1, 0.15) is 18.0 Å². The van der Waals surface area contributed by atoms with Gasteiger partial charge in [-0.2, -0.15) is 9.40 Å². The van der Waals surface area contributed by atoms with Crippen LogP contribution in [-0.2, 0) is 21.4 Å². The van der Waals surface area contributed by atoms with Gasteiger partial charge in [0.15, 0.2) is 0 Å². The van der Waals surface area contributed by atoms with Crippen LogP contribution in [0.2, 0.25) is 0 Å². The Morgan fingerprint density at radius 3 is 2.74 bits per heavy atom. The quantitative estimate of drug-likeness (QED) is 0.765. The van der Waals surface area contributed by atoms with Crippen LogP contribution in [0.25, 0.3) is 0 Å². The van der Waals surface area contributed by atoms with Crippen molar-refractivity contribution in [3.05, 3.63) is 48.2 Å². The summed E-state index contributed by atoms with van der Waals surface area (Å²) in [4.78, 5) is 14.5. The number of carbonyl (C=O) groups excluding carboxylic acids is 1. The van der Waals surface area contributed by atoms with Crippen LogP contribution in [0, 0.1) is 0 Å². The van der Waals surface area contributed by atoms with Crippen molar-refractivity contribution in [2.45, 2.75) is 19.0 Å². The first-order valence-electron chi connectivity index (χ1n) is 8.84. The van der Waals surface area contributed by atoms with Crippen molar-refractivity contribution >= 4 is 21.7 Å². The molecular formula is C18H25N5O3S. The van der Waals surface area contributed by atoms with Crippen LogP contribution in [0.4, 0.5) is 5.82 Å². The number of likely N-dealkylation sites (tertiary alicyclic amines) is 1. The van der Waals surface area contributed by atoms with Crippen LogP contribution in [0.3, 0.4) is 0 Å². The lowest BCUT2D eigenvalue weighted by Gasteiger charge is -2.18. The van der Waals surface area contributed by atoms with Crippen LogP contribution >= 0.6 is 0 Å². The first-order valence-corrected chi connectivity index (χ1v) is 10.7. The van der Waals surface area contributed by atoms with Crippen molar-refractivity contribution < 1.29 is 13.2 Å². The number of carbonyl (C=O) groups is 1. The average molecular weight is 391 g/mol. The summed E-state index contributed by atoms with van der Waals surface area (Å²) in [5.74, 6) is 0.206. The zero-order chi connectivity index (χ0) is 19.4. The lowest BCUT2D eigenvalue weighted by Crippen LogP contribution is -2.34. The fourth-order valence-corrected chi connectivity index (χ4v) is 3.55. The molecule has 146 valence electrons. The number of sulfonamides is 1. The van der Waals surface area contributed by atoms with Gasteiger partial charge in [0, 0.05) is 32.7 Å². The summed E-state index contributed by atoms with van der Waals surface area (Å²) in [7, 11) is -2.02. The van der Waals surface area contributed by atoms with Gasteiger partial charge >= 0.3 is 0 Å². The van der Waals surface area contributed by atoms with Gasteiger partial charge in [0.2, 0.25) is 15.9 Å². The maximum atomic E-state index is 12.2. The predicted molar refractivity (Wildman–Crippen MR) is 104 cm³/mol. The summed E-state index contributed by atoms with van der Waals surface area (Å²) >= 11 is 0. The maximum absolute atomic E-state index is 12.2. The number of likely N-dealkylation sites (N-methyl/N-ethyl adjacent to an activating group) is 1. The molecule has 2 heterocycles. The Bertz CT molecular complexity index is 881. The largest absolute Gasteiger partial charge is 0.310 e. The molecule has 0 bridgehead atoms. The Balaban J connectivity index is 1.59. The molecule has 1 aliphatic rings. The van der Waals surface area contributed by atoms with E-state index < -0.39 is 10.0 Å². The minimum Gasteiger partial charge on any atom is -0.310 e. The van der Waals surface area contributed by atoms with Crippen LogP contribution in [0.15, 0.2) is 42.6 Å². The second kappa shape index (κ2) is 8.20. The second-order valence-corrected chi connectivity index (χ2v) is 8.98. The standard InChI is InChI=1S/C18H25N5O3S/c1-21(27(2,25)26)14-18(24)20-17-8-10-19-23(17)16-9-11-22(13-16)12-15-6-4-3-5-7-15/h3-8,10,16H,9,11-14H2,1-2H3,(H,20,24). The van der Waals surface area contributed by atoms with Crippen molar-refractivity contribution in [3.8, 4) is 0 Å². The SMILES string of the molecule is CN(CC(=O)Nc1ccnn1C1CCN(Cc2ccccc2)C1)S(C)(=O)=O. The van der Waals surface area contributed by atoms with Crippen molar-refractivity contribution in [3.63, 3.8) is 0 Å². The number of hydrogen-bond donors (Lipinski definition) is 1. The number of nitrogens with one attached hydrogen (secondary N) is 1. The molecule has 1 N–H and O–H groups in total. The third kappa shape index (κ3) is 5.15. The highest BCUT2D eigenvalue weighted by atomic mass is 32.2. The van der Waals surface area contributed by atoms with E-state index in [1.165, 1.54) is 12.6 Å². The molecule has 1 aromatic carbocycles. The second-order valence-electron chi connectivity index (χ2n) is 6.89. The van der Waals surface area contributed by atoms with E-state index in [-0.39, 0.29) is 18.5 Å². The zero-order valence-corrected chi connectivity index (χ0v) is 16.4. The van der Waals surface area contributed by atoms with Gasteiger partial charge < -0.3 is 5.32 Å². The molecule has 27 heavy (non-hydrogen) atoms. The number of rotatable bonds is 7. The van der Waals surface area contributed by atoms with Crippen molar-refractivity contribution in [2.75, 3.05) is 38.3 Å². The summed E-state index contributed by atoms with van der Waals surface area (Å²) < 4.78 is 25.7. The first kappa shape index (κ1) is 19.5. The summed E-state index contributed by atoms with van der Waals surface area (Å²) in [6.45, 7) is 2.47. The molecule has 1 aliphatic heterocycles. The number of aromatic nitrogens is 2. The first-order chi connectivity index (χ1) is 12.8. The Hall–Kier alpha value is -2.23. The molecular weight excluding hydrogens is 366 g/mol. The Labute approximate surface area is 159 Å². The highest BCUT2D eigenvalue weighted by Gasteiger charge is 2.26. The van der Waals surface area contributed by atoms with Gasteiger partial charge in [0.1, 0.15) is 5.82 Å². The van der Waals surface area contributed by atoms with Crippen LogP contribution in [-0.4, -0.2) is 66.2 Å². The molecule has 3 rings (SSSR count). The van der Waals surface area contributed by atoms with E-state index >= 15 is 0 Å². The van der Waals surface area contributed by atoms with Crippen molar-refractivity contribution in [1.29, 1.82) is 0 Å². The third-order valence-corrected chi connectivity index (χ3v) is 5.97. The molecule has 0 radical (unpaired) electrons. The Kier molecular flexibility index (Phi) is 5.93. The Morgan fingerprint density at radius 1 is 1.30 bits per heavy atom. The third-order valence-electron chi connectivity index (χ3n) is 4.71. The lowest BCUT2D eigenvalue weighted by molar-refractivity contribution is -0.116. The highest BCUT2D eigenvalue weighted by Crippen LogP contribution is 2.25. The molecule has 9 heteroatoms. The molecule has 1 atom stereocenters. The number of amides is 1. The predicted octanol–water partition coefficient (Wildman–Crippen LogP) is 1.16. The highest BCUT2D eigenvalue weighted by molar-refractivity contribution is 7.88. The molecule has 0 spiro atoms. The van der Waals surface area contributed by atoms with E-state index in [2.05, 4.69) is 27.4 Å². The number of benzene rings is 1. The molecule has 1 saturated heterocycles. The average Bonchev–Trinajstić information content (AvgIpc) is 3.24. The number of hydrogen-bond acceptors (Lipinski definition) is 5. The summed E-state index contributed by atoms with van der Waals surface area (Å²) in [5, 5.41) is 7.14. The molecule has 8 nitrogen and oxygen atoms in total. The van der Waals surface area contributed by atoms with E-state index in [1.54, 1.807) is 12.3 Å². The van der Waals surface area contributed by atoms with Gasteiger partial charge in [-0.05, 0) is 12.0 Å². The zero-order valence-electron chi connectivity index (χ0n) is 15.6. The molecule has 2 aromatic rings. The molecule has 1 aromatic heterocycles. The summed E-state index contributed by atoms with van der Waals surface area (Å²) in [6, 6.07) is 12.2. The molecule has 1 fully saturated rings. The summed E-state index contributed by atoms with van der Waals surface area (Å²) in [5.41, 5.74) is 1.27. The molecule has 0 saturated carbocycles. The van der Waals surface area contributed by atoms with Crippen molar-refractivity contribution in [2.24, 2.45) is 0 Å². The van der Waals surface area contributed by atoms with Crippen LogP contribution < -0.4 is 5.32 Å². The van der Waals surface area contributed by atoms with Gasteiger partial charge in [-0.3, -0.25) is 9.69 Å². The van der Waals surface area contributed by atoms with E-state index in [0.717, 1.165) is 36.6 Å². The smallest absolute Gasteiger partial charge is 0.240 e. The summed E-state index contributed by atoms with van der Waals surface area (Å²) in [6.07, 6.45) is 3.67. The fraction of sp³-hybridized carbons (Fsp3) is 0.444. The lowest BCUT2D eigenvalue weighted by atomic mass is 10.2. The van der Waals surface area contributed by atoms with E-state index in [4.69, 9.17) is 0 Å². The molecule has 1 amide bonds. The molecule has 1 unspecified atom stereocenters. The van der Waals surface area contributed by atoms with Gasteiger partial charge in [0.25, 0.3) is 0 Å². The van der Waals surface area contributed by atoms with E-state index in [1.807, 2.05) is 22.9 Å². The van der Waals surface area contributed by atoms with E-state index in [9.17, 15) is 13.2 Å². The topological polar surface area (TPSA) is 87.5 Å². The van der Waals surface area contributed by atoms with Gasteiger partial charge in [0.05, 0.1) is 25.0 Å². The molecule has 0 aliphatic carbocycles. The normalized spacial score (nSPS) is 18.1.